The van der Waals surface area contributed by atoms with E-state index in [0.29, 0.717) is 18.9 Å². The van der Waals surface area contributed by atoms with Gasteiger partial charge in [0.05, 0.1) is 12.6 Å². The molecule has 7 nitrogen and oxygen atoms in total. The van der Waals surface area contributed by atoms with E-state index in [2.05, 4.69) is 4.98 Å². The molecule has 1 fully saturated rings. The van der Waals surface area contributed by atoms with Gasteiger partial charge in [0, 0.05) is 12.7 Å². The standard InChI is InChI=1S/C23H29N3O4/c1-23(2,3)30-22(28)26(20-13-7-8-14-24-20)16-19-12-9-15-25(19)21(27)29-17-18-10-5-4-6-11-18/h4-8,10-11,13-14,19H,9,12,15-17H2,1-3H3/t19-/m0/s1. The summed E-state index contributed by atoms with van der Waals surface area (Å²) in [6, 6.07) is 14.8. The molecule has 160 valence electrons. The fraction of sp³-hybridized carbons (Fsp3) is 0.435. The second-order valence-corrected chi connectivity index (χ2v) is 8.31. The van der Waals surface area contributed by atoms with Gasteiger partial charge < -0.3 is 14.4 Å². The number of rotatable bonds is 5. The van der Waals surface area contributed by atoms with Gasteiger partial charge in [0.25, 0.3) is 0 Å². The molecular weight excluding hydrogens is 382 g/mol. The fourth-order valence-corrected chi connectivity index (χ4v) is 3.37. The Hall–Kier alpha value is -3.09. The van der Waals surface area contributed by atoms with E-state index in [4.69, 9.17) is 9.47 Å². The van der Waals surface area contributed by atoms with Crippen molar-refractivity contribution >= 4 is 18.0 Å². The normalized spacial score (nSPS) is 16.2. The molecule has 7 heteroatoms. The second-order valence-electron chi connectivity index (χ2n) is 8.31. The van der Waals surface area contributed by atoms with Crippen molar-refractivity contribution in [3.05, 3.63) is 60.3 Å². The summed E-state index contributed by atoms with van der Waals surface area (Å²) in [5, 5.41) is 0. The minimum Gasteiger partial charge on any atom is -0.445 e. The number of nitrogens with zero attached hydrogens (tertiary/aromatic N) is 3. The molecule has 1 aliphatic heterocycles. The maximum Gasteiger partial charge on any atom is 0.416 e. The Morgan fingerprint density at radius 2 is 1.87 bits per heavy atom. The van der Waals surface area contributed by atoms with Crippen LogP contribution in [0.25, 0.3) is 0 Å². The molecule has 1 saturated heterocycles. The largest absolute Gasteiger partial charge is 0.445 e. The lowest BCUT2D eigenvalue weighted by Crippen LogP contribution is -2.47. The van der Waals surface area contributed by atoms with Gasteiger partial charge in [0.15, 0.2) is 0 Å². The van der Waals surface area contributed by atoms with Crippen molar-refractivity contribution < 1.29 is 19.1 Å². The fourth-order valence-electron chi connectivity index (χ4n) is 3.37. The van der Waals surface area contributed by atoms with Gasteiger partial charge in [0.2, 0.25) is 0 Å². The van der Waals surface area contributed by atoms with Crippen LogP contribution in [0.4, 0.5) is 15.4 Å². The molecule has 0 bridgehead atoms. The first-order valence-corrected chi connectivity index (χ1v) is 10.2. The summed E-state index contributed by atoms with van der Waals surface area (Å²) in [5.74, 6) is 0.497. The van der Waals surface area contributed by atoms with Gasteiger partial charge in [-0.15, -0.1) is 0 Å². The number of hydrogen-bond donors (Lipinski definition) is 0. The molecule has 2 amide bonds. The number of amides is 2. The topological polar surface area (TPSA) is 72.0 Å². The van der Waals surface area contributed by atoms with Crippen molar-refractivity contribution in [3.63, 3.8) is 0 Å². The lowest BCUT2D eigenvalue weighted by molar-refractivity contribution is 0.0560. The van der Waals surface area contributed by atoms with E-state index in [1.807, 2.05) is 57.2 Å². The highest BCUT2D eigenvalue weighted by molar-refractivity contribution is 5.86. The number of benzene rings is 1. The van der Waals surface area contributed by atoms with E-state index in [1.54, 1.807) is 23.2 Å². The number of ether oxygens (including phenoxy) is 2. The first-order chi connectivity index (χ1) is 14.3. The third-order valence-corrected chi connectivity index (χ3v) is 4.75. The molecule has 0 aliphatic carbocycles. The number of hydrogen-bond acceptors (Lipinski definition) is 5. The Morgan fingerprint density at radius 1 is 1.13 bits per heavy atom. The van der Waals surface area contributed by atoms with E-state index in [9.17, 15) is 9.59 Å². The van der Waals surface area contributed by atoms with Crippen LogP contribution in [0.5, 0.6) is 0 Å². The van der Waals surface area contributed by atoms with Crippen molar-refractivity contribution in [3.8, 4) is 0 Å². The summed E-state index contributed by atoms with van der Waals surface area (Å²) < 4.78 is 11.1. The summed E-state index contributed by atoms with van der Waals surface area (Å²) in [6.45, 7) is 6.59. The van der Waals surface area contributed by atoms with Gasteiger partial charge in [-0.25, -0.2) is 14.6 Å². The number of pyridine rings is 1. The van der Waals surface area contributed by atoms with E-state index >= 15 is 0 Å². The van der Waals surface area contributed by atoms with Crippen LogP contribution in [-0.4, -0.2) is 46.8 Å². The van der Waals surface area contributed by atoms with Gasteiger partial charge in [-0.1, -0.05) is 36.4 Å². The Kier molecular flexibility index (Phi) is 6.92. The first kappa shape index (κ1) is 21.6. The van der Waals surface area contributed by atoms with Crippen LogP contribution in [0.15, 0.2) is 54.7 Å². The van der Waals surface area contributed by atoms with Gasteiger partial charge in [-0.2, -0.15) is 0 Å². The second kappa shape index (κ2) is 9.61. The number of carbonyl (C=O) groups is 2. The van der Waals surface area contributed by atoms with Crippen LogP contribution in [0, 0.1) is 0 Å². The molecule has 3 rings (SSSR count). The molecule has 0 unspecified atom stereocenters. The minimum atomic E-state index is -0.631. The van der Waals surface area contributed by atoms with Crippen molar-refractivity contribution in [1.29, 1.82) is 0 Å². The predicted molar refractivity (Wildman–Crippen MR) is 114 cm³/mol. The highest BCUT2D eigenvalue weighted by Gasteiger charge is 2.34. The zero-order chi connectivity index (χ0) is 21.6. The maximum absolute atomic E-state index is 12.9. The zero-order valence-electron chi connectivity index (χ0n) is 17.8. The minimum absolute atomic E-state index is 0.164. The number of anilines is 1. The van der Waals surface area contributed by atoms with Crippen molar-refractivity contribution in [1.82, 2.24) is 9.88 Å². The molecule has 0 saturated carbocycles. The van der Waals surface area contributed by atoms with Crippen LogP contribution < -0.4 is 4.90 Å². The summed E-state index contributed by atoms with van der Waals surface area (Å²) in [6.07, 6.45) is 2.42. The number of carbonyl (C=O) groups excluding carboxylic acids is 2. The van der Waals surface area contributed by atoms with Gasteiger partial charge in [-0.3, -0.25) is 4.90 Å². The predicted octanol–water partition coefficient (Wildman–Crippen LogP) is 4.62. The monoisotopic (exact) mass is 411 g/mol. The van der Waals surface area contributed by atoms with Gasteiger partial charge >= 0.3 is 12.2 Å². The molecule has 2 aromatic rings. The Bertz CT molecular complexity index is 837. The highest BCUT2D eigenvalue weighted by atomic mass is 16.6. The first-order valence-electron chi connectivity index (χ1n) is 10.2. The number of likely N-dealkylation sites (tertiary alicyclic amines) is 1. The number of aromatic nitrogens is 1. The van der Waals surface area contributed by atoms with Gasteiger partial charge in [-0.05, 0) is 51.3 Å². The van der Waals surface area contributed by atoms with E-state index in [-0.39, 0.29) is 18.7 Å². The van der Waals surface area contributed by atoms with Crippen molar-refractivity contribution in [2.24, 2.45) is 0 Å². The smallest absolute Gasteiger partial charge is 0.416 e. The quantitative estimate of drug-likeness (QED) is 0.718. The van der Waals surface area contributed by atoms with Crippen LogP contribution in [-0.2, 0) is 16.1 Å². The Morgan fingerprint density at radius 3 is 2.53 bits per heavy atom. The maximum atomic E-state index is 12.9. The summed E-state index contributed by atoms with van der Waals surface area (Å²) in [5.41, 5.74) is 0.305. The van der Waals surface area contributed by atoms with E-state index in [1.165, 1.54) is 4.90 Å². The third-order valence-electron chi connectivity index (χ3n) is 4.75. The van der Waals surface area contributed by atoms with Crippen LogP contribution in [0.3, 0.4) is 0 Å². The molecule has 2 heterocycles. The summed E-state index contributed by atoms with van der Waals surface area (Å²) >= 11 is 0. The molecular formula is C23H29N3O4. The summed E-state index contributed by atoms with van der Waals surface area (Å²) in [4.78, 5) is 33.1. The van der Waals surface area contributed by atoms with Crippen LogP contribution in [0.1, 0.15) is 39.2 Å². The highest BCUT2D eigenvalue weighted by Crippen LogP contribution is 2.23. The van der Waals surface area contributed by atoms with E-state index < -0.39 is 11.7 Å². The Labute approximate surface area is 177 Å². The summed E-state index contributed by atoms with van der Waals surface area (Å²) in [7, 11) is 0. The molecule has 0 N–H and O–H groups in total. The molecule has 1 atom stereocenters. The average Bonchev–Trinajstić information content (AvgIpc) is 3.19. The SMILES string of the molecule is CC(C)(C)OC(=O)N(C[C@@H]1CCCN1C(=O)OCc1ccccc1)c1ccccn1. The molecule has 0 spiro atoms. The van der Waals surface area contributed by atoms with Crippen LogP contribution in [0.2, 0.25) is 0 Å². The van der Waals surface area contributed by atoms with Gasteiger partial charge in [0.1, 0.15) is 18.0 Å². The molecule has 1 aliphatic rings. The lowest BCUT2D eigenvalue weighted by atomic mass is 10.2. The van der Waals surface area contributed by atoms with Crippen LogP contribution >= 0.6 is 0 Å². The average molecular weight is 412 g/mol. The van der Waals surface area contributed by atoms with Crippen molar-refractivity contribution in [2.45, 2.75) is 51.9 Å². The molecule has 1 aromatic carbocycles. The third kappa shape index (κ3) is 5.95. The zero-order valence-corrected chi connectivity index (χ0v) is 17.8. The lowest BCUT2D eigenvalue weighted by Gasteiger charge is -2.31. The molecule has 0 radical (unpaired) electrons. The Balaban J connectivity index is 1.69. The molecule has 30 heavy (non-hydrogen) atoms. The molecule has 1 aromatic heterocycles. The van der Waals surface area contributed by atoms with E-state index in [0.717, 1.165) is 18.4 Å². The van der Waals surface area contributed by atoms with Crippen molar-refractivity contribution in [2.75, 3.05) is 18.0 Å².